The molecule has 3 rings (SSSR count). The van der Waals surface area contributed by atoms with Crippen LogP contribution in [0.5, 0.6) is 5.75 Å². The van der Waals surface area contributed by atoms with Crippen molar-refractivity contribution in [1.82, 2.24) is 10.2 Å². The van der Waals surface area contributed by atoms with Crippen LogP contribution in [0.3, 0.4) is 0 Å². The number of alkyl halides is 2. The van der Waals surface area contributed by atoms with Crippen LogP contribution in [-0.2, 0) is 11.2 Å². The summed E-state index contributed by atoms with van der Waals surface area (Å²) in [7, 11) is 0. The Kier molecular flexibility index (Phi) is 5.75. The minimum absolute atomic E-state index is 0.0541. The van der Waals surface area contributed by atoms with E-state index in [4.69, 9.17) is 4.42 Å². The van der Waals surface area contributed by atoms with Gasteiger partial charge in [0.15, 0.2) is 0 Å². The summed E-state index contributed by atoms with van der Waals surface area (Å²) in [5, 5.41) is 10.4. The van der Waals surface area contributed by atoms with Gasteiger partial charge >= 0.3 is 6.61 Å². The number of nitrogens with one attached hydrogen (secondary N) is 1. The van der Waals surface area contributed by atoms with E-state index in [1.165, 1.54) is 12.1 Å². The number of amides is 1. The van der Waals surface area contributed by atoms with Gasteiger partial charge in [0.1, 0.15) is 5.75 Å². The molecule has 6 nitrogen and oxygen atoms in total. The smallest absolute Gasteiger partial charge is 0.387 e. The second kappa shape index (κ2) is 8.39. The number of ether oxygens (including phenoxy) is 1. The Labute approximate surface area is 154 Å². The Balaban J connectivity index is 1.58. The van der Waals surface area contributed by atoms with E-state index in [1.807, 2.05) is 31.2 Å². The molecule has 0 spiro atoms. The van der Waals surface area contributed by atoms with Gasteiger partial charge in [-0.1, -0.05) is 29.8 Å². The standard InChI is InChI=1S/C19H17F2N3O3/c1-12-6-8-13(9-7-12)18-24-23-17(27-18)11-10-16(25)22-14-4-2-3-5-15(14)26-19(20)21/h2-9,19H,10-11H2,1H3,(H,22,25). The lowest BCUT2D eigenvalue weighted by Gasteiger charge is -2.11. The number of anilines is 1. The van der Waals surface area contributed by atoms with Gasteiger partial charge in [-0.25, -0.2) is 0 Å². The summed E-state index contributed by atoms with van der Waals surface area (Å²) in [5.74, 6) is 0.217. The first-order valence-electron chi connectivity index (χ1n) is 8.24. The molecule has 27 heavy (non-hydrogen) atoms. The van der Waals surface area contributed by atoms with Crippen molar-refractivity contribution in [3.8, 4) is 17.2 Å². The molecule has 0 fully saturated rings. The van der Waals surface area contributed by atoms with Crippen LogP contribution in [0.15, 0.2) is 52.9 Å². The van der Waals surface area contributed by atoms with Gasteiger partial charge in [0.25, 0.3) is 0 Å². The zero-order chi connectivity index (χ0) is 19.2. The van der Waals surface area contributed by atoms with E-state index in [2.05, 4.69) is 20.3 Å². The number of aryl methyl sites for hydroxylation is 2. The number of para-hydroxylation sites is 2. The van der Waals surface area contributed by atoms with Gasteiger partial charge in [0.2, 0.25) is 17.7 Å². The fourth-order valence-corrected chi connectivity index (χ4v) is 2.37. The normalized spacial score (nSPS) is 10.8. The number of aromatic nitrogens is 2. The predicted molar refractivity (Wildman–Crippen MR) is 94.5 cm³/mol. The van der Waals surface area contributed by atoms with Crippen LogP contribution < -0.4 is 10.1 Å². The van der Waals surface area contributed by atoms with Crippen molar-refractivity contribution in [1.29, 1.82) is 0 Å². The summed E-state index contributed by atoms with van der Waals surface area (Å²) >= 11 is 0. The largest absolute Gasteiger partial charge is 0.433 e. The highest BCUT2D eigenvalue weighted by Gasteiger charge is 2.13. The number of rotatable bonds is 7. The fourth-order valence-electron chi connectivity index (χ4n) is 2.37. The Hall–Kier alpha value is -3.29. The minimum atomic E-state index is -2.97. The van der Waals surface area contributed by atoms with Gasteiger partial charge in [-0.05, 0) is 31.2 Å². The average Bonchev–Trinajstić information content (AvgIpc) is 3.11. The third-order valence-electron chi connectivity index (χ3n) is 3.71. The quantitative estimate of drug-likeness (QED) is 0.671. The average molecular weight is 373 g/mol. The number of carbonyl (C=O) groups is 1. The second-order valence-electron chi connectivity index (χ2n) is 5.79. The zero-order valence-electron chi connectivity index (χ0n) is 14.5. The van der Waals surface area contributed by atoms with Crippen LogP contribution in [0.1, 0.15) is 17.9 Å². The monoisotopic (exact) mass is 373 g/mol. The van der Waals surface area contributed by atoms with Gasteiger partial charge in [-0.2, -0.15) is 8.78 Å². The van der Waals surface area contributed by atoms with Crippen molar-refractivity contribution in [3.63, 3.8) is 0 Å². The summed E-state index contributed by atoms with van der Waals surface area (Å²) in [4.78, 5) is 12.1. The van der Waals surface area contributed by atoms with E-state index in [0.29, 0.717) is 11.8 Å². The van der Waals surface area contributed by atoms with E-state index >= 15 is 0 Å². The first kappa shape index (κ1) is 18.5. The molecule has 0 aliphatic rings. The number of nitrogens with zero attached hydrogens (tertiary/aromatic N) is 2. The minimum Gasteiger partial charge on any atom is -0.433 e. The third kappa shape index (κ3) is 5.10. The summed E-state index contributed by atoms with van der Waals surface area (Å²) in [5.41, 5.74) is 2.09. The highest BCUT2D eigenvalue weighted by Crippen LogP contribution is 2.25. The molecule has 0 radical (unpaired) electrons. The Bertz CT molecular complexity index is 911. The van der Waals surface area contributed by atoms with Crippen molar-refractivity contribution in [2.75, 3.05) is 5.32 Å². The van der Waals surface area contributed by atoms with Gasteiger partial charge in [-0.15, -0.1) is 10.2 Å². The van der Waals surface area contributed by atoms with Crippen molar-refractivity contribution in [2.24, 2.45) is 0 Å². The lowest BCUT2D eigenvalue weighted by molar-refractivity contribution is -0.116. The zero-order valence-corrected chi connectivity index (χ0v) is 14.5. The topological polar surface area (TPSA) is 77.2 Å². The van der Waals surface area contributed by atoms with Crippen LogP contribution in [0.25, 0.3) is 11.5 Å². The maximum absolute atomic E-state index is 12.4. The Morgan fingerprint density at radius 1 is 1.15 bits per heavy atom. The van der Waals surface area contributed by atoms with Crippen LogP contribution in [-0.4, -0.2) is 22.7 Å². The molecule has 140 valence electrons. The molecule has 1 amide bonds. The van der Waals surface area contributed by atoms with Crippen LogP contribution in [0.4, 0.5) is 14.5 Å². The molecule has 1 aromatic heterocycles. The van der Waals surface area contributed by atoms with Gasteiger partial charge in [0.05, 0.1) is 5.69 Å². The number of benzene rings is 2. The summed E-state index contributed by atoms with van der Waals surface area (Å²) in [6.07, 6.45) is 0.279. The first-order chi connectivity index (χ1) is 13.0. The van der Waals surface area contributed by atoms with Gasteiger partial charge in [0, 0.05) is 18.4 Å². The van der Waals surface area contributed by atoms with Crippen molar-refractivity contribution in [3.05, 3.63) is 60.0 Å². The number of hydrogen-bond acceptors (Lipinski definition) is 5. The van der Waals surface area contributed by atoms with E-state index < -0.39 is 6.61 Å². The fraction of sp³-hybridized carbons (Fsp3) is 0.211. The molecule has 0 atom stereocenters. The maximum atomic E-state index is 12.4. The molecule has 0 unspecified atom stereocenters. The summed E-state index contributed by atoms with van der Waals surface area (Å²) < 4.78 is 34.8. The molecule has 0 saturated carbocycles. The molecule has 0 saturated heterocycles. The third-order valence-corrected chi connectivity index (χ3v) is 3.71. The van der Waals surface area contributed by atoms with Gasteiger partial charge < -0.3 is 14.5 Å². The molecule has 1 heterocycles. The number of hydrogen-bond donors (Lipinski definition) is 1. The summed E-state index contributed by atoms with van der Waals surface area (Å²) in [6.45, 7) is -0.992. The molecule has 3 aromatic rings. The first-order valence-corrected chi connectivity index (χ1v) is 8.24. The Morgan fingerprint density at radius 3 is 2.63 bits per heavy atom. The van der Waals surface area contributed by atoms with Crippen molar-refractivity contribution >= 4 is 11.6 Å². The van der Waals surface area contributed by atoms with E-state index in [-0.39, 0.29) is 30.2 Å². The van der Waals surface area contributed by atoms with Crippen molar-refractivity contribution < 1.29 is 22.7 Å². The molecular formula is C19H17F2N3O3. The summed E-state index contributed by atoms with van der Waals surface area (Å²) in [6, 6.07) is 13.6. The molecule has 1 N–H and O–H groups in total. The highest BCUT2D eigenvalue weighted by atomic mass is 19.3. The molecule has 0 bridgehead atoms. The van der Waals surface area contributed by atoms with Crippen LogP contribution in [0, 0.1) is 6.92 Å². The second-order valence-corrected chi connectivity index (χ2v) is 5.79. The van der Waals surface area contributed by atoms with Crippen LogP contribution >= 0.6 is 0 Å². The maximum Gasteiger partial charge on any atom is 0.387 e. The Morgan fingerprint density at radius 2 is 1.89 bits per heavy atom. The lowest BCUT2D eigenvalue weighted by atomic mass is 10.1. The van der Waals surface area contributed by atoms with Crippen LogP contribution in [0.2, 0.25) is 0 Å². The van der Waals surface area contributed by atoms with E-state index in [1.54, 1.807) is 12.1 Å². The van der Waals surface area contributed by atoms with E-state index in [9.17, 15) is 13.6 Å². The van der Waals surface area contributed by atoms with E-state index in [0.717, 1.165) is 11.1 Å². The molecule has 2 aromatic carbocycles. The number of carbonyl (C=O) groups excluding carboxylic acids is 1. The number of halogens is 2. The molecule has 0 aliphatic heterocycles. The molecule has 8 heteroatoms. The van der Waals surface area contributed by atoms with Gasteiger partial charge in [-0.3, -0.25) is 4.79 Å². The van der Waals surface area contributed by atoms with Crippen molar-refractivity contribution in [2.45, 2.75) is 26.4 Å². The highest BCUT2D eigenvalue weighted by molar-refractivity contribution is 5.92. The molecule has 0 aliphatic carbocycles. The SMILES string of the molecule is Cc1ccc(-c2nnc(CCC(=O)Nc3ccccc3OC(F)F)o2)cc1. The lowest BCUT2D eigenvalue weighted by Crippen LogP contribution is -2.14. The molecular weight excluding hydrogens is 356 g/mol. The predicted octanol–water partition coefficient (Wildman–Crippen LogP) is 4.22.